The van der Waals surface area contributed by atoms with Gasteiger partial charge < -0.3 is 9.84 Å². The van der Waals surface area contributed by atoms with Gasteiger partial charge in [-0.1, -0.05) is 25.4 Å². The summed E-state index contributed by atoms with van der Waals surface area (Å²) in [6.45, 7) is 5.81. The third-order valence-electron chi connectivity index (χ3n) is 4.69. The lowest BCUT2D eigenvalue weighted by atomic mass is 10.1. The van der Waals surface area contributed by atoms with Crippen molar-refractivity contribution in [2.45, 2.75) is 44.4 Å². The molecule has 2 heterocycles. The van der Waals surface area contributed by atoms with E-state index in [1.807, 2.05) is 0 Å². The number of piperidine rings is 1. The van der Waals surface area contributed by atoms with E-state index in [1.54, 1.807) is 12.1 Å². The molecule has 0 aliphatic carbocycles. The monoisotopic (exact) mass is 406 g/mol. The Kier molecular flexibility index (Phi) is 6.46. The van der Waals surface area contributed by atoms with Crippen molar-refractivity contribution in [3.05, 3.63) is 30.2 Å². The summed E-state index contributed by atoms with van der Waals surface area (Å²) in [6, 6.07) is 6.33. The van der Waals surface area contributed by atoms with Crippen molar-refractivity contribution in [2.75, 3.05) is 19.6 Å². The molecule has 2 aromatic rings. The molecule has 28 heavy (non-hydrogen) atoms. The molecule has 0 saturated carbocycles. The van der Waals surface area contributed by atoms with E-state index in [4.69, 9.17) is 4.52 Å². The summed E-state index contributed by atoms with van der Waals surface area (Å²) in [4.78, 5) is 16.4. The topological polar surface area (TPSA) is 105 Å². The summed E-state index contributed by atoms with van der Waals surface area (Å²) in [5.41, 5.74) is 0.586. The smallest absolute Gasteiger partial charge is 0.316 e. The van der Waals surface area contributed by atoms with E-state index in [2.05, 4.69) is 29.3 Å². The molecule has 1 aromatic heterocycles. The molecule has 0 unspecified atom stereocenters. The Bertz CT molecular complexity index is 900. The predicted octanol–water partition coefficient (Wildman–Crippen LogP) is 2.69. The second-order valence-corrected chi connectivity index (χ2v) is 9.29. The molecular formula is C19H26N4O4S. The van der Waals surface area contributed by atoms with Crippen LogP contribution in [0.15, 0.2) is 33.7 Å². The average Bonchev–Trinajstić information content (AvgIpc) is 3.19. The molecule has 1 aromatic carbocycles. The van der Waals surface area contributed by atoms with Crippen LogP contribution in [0.1, 0.15) is 50.2 Å². The van der Waals surface area contributed by atoms with Crippen LogP contribution in [0.5, 0.6) is 0 Å². The van der Waals surface area contributed by atoms with Gasteiger partial charge in [0, 0.05) is 25.2 Å². The number of hydrogen-bond donors (Lipinski definition) is 1. The highest BCUT2D eigenvalue weighted by atomic mass is 32.2. The summed E-state index contributed by atoms with van der Waals surface area (Å²) >= 11 is 0. The van der Waals surface area contributed by atoms with Gasteiger partial charge in [0.25, 0.3) is 0 Å². The summed E-state index contributed by atoms with van der Waals surface area (Å²) in [5.74, 6) is 0.210. The van der Waals surface area contributed by atoms with Gasteiger partial charge in [-0.15, -0.1) is 0 Å². The van der Waals surface area contributed by atoms with E-state index in [-0.39, 0.29) is 16.6 Å². The molecule has 1 N–H and O–H groups in total. The first kappa shape index (κ1) is 20.5. The number of rotatable bonds is 7. The van der Waals surface area contributed by atoms with Crippen molar-refractivity contribution in [2.24, 2.45) is 5.92 Å². The van der Waals surface area contributed by atoms with Crippen LogP contribution in [0, 0.1) is 5.92 Å². The Morgan fingerprint density at radius 1 is 1.18 bits per heavy atom. The molecular weight excluding hydrogens is 380 g/mol. The van der Waals surface area contributed by atoms with E-state index in [0.29, 0.717) is 31.1 Å². The van der Waals surface area contributed by atoms with E-state index in [1.165, 1.54) is 16.4 Å². The maximum Gasteiger partial charge on any atom is 0.316 e. The lowest BCUT2D eigenvalue weighted by molar-refractivity contribution is 0.0908. The molecule has 1 fully saturated rings. The van der Waals surface area contributed by atoms with Gasteiger partial charge >= 0.3 is 11.8 Å². The molecule has 3 rings (SSSR count). The first-order valence-corrected chi connectivity index (χ1v) is 11.0. The minimum absolute atomic E-state index is 0.108. The molecule has 152 valence electrons. The summed E-state index contributed by atoms with van der Waals surface area (Å²) in [5, 5.41) is 6.57. The minimum Gasteiger partial charge on any atom is -0.348 e. The van der Waals surface area contributed by atoms with Crippen molar-refractivity contribution >= 4 is 15.9 Å². The average molecular weight is 407 g/mol. The third kappa shape index (κ3) is 4.77. The Morgan fingerprint density at radius 3 is 2.50 bits per heavy atom. The molecule has 1 aliphatic rings. The molecule has 8 nitrogen and oxygen atoms in total. The molecule has 0 radical (unpaired) electrons. The molecule has 0 bridgehead atoms. The normalized spacial score (nSPS) is 15.7. The lowest BCUT2D eigenvalue weighted by Crippen LogP contribution is -2.35. The number of nitrogens with zero attached hydrogens (tertiary/aromatic N) is 3. The predicted molar refractivity (Wildman–Crippen MR) is 104 cm³/mol. The van der Waals surface area contributed by atoms with Crippen LogP contribution >= 0.6 is 0 Å². The van der Waals surface area contributed by atoms with Gasteiger partial charge in [0.2, 0.25) is 15.8 Å². The van der Waals surface area contributed by atoms with Crippen LogP contribution < -0.4 is 5.32 Å². The van der Waals surface area contributed by atoms with Gasteiger partial charge in [-0.25, -0.2) is 8.42 Å². The fourth-order valence-corrected chi connectivity index (χ4v) is 4.53. The highest BCUT2D eigenvalue weighted by molar-refractivity contribution is 7.89. The van der Waals surface area contributed by atoms with E-state index >= 15 is 0 Å². The number of nitrogens with one attached hydrogen (secondary N) is 1. The molecule has 9 heteroatoms. The first-order valence-electron chi connectivity index (χ1n) is 9.60. The molecule has 1 amide bonds. The van der Waals surface area contributed by atoms with Gasteiger partial charge in [-0.3, -0.25) is 4.79 Å². The number of carbonyl (C=O) groups excluding carboxylic acids is 1. The minimum atomic E-state index is -3.48. The van der Waals surface area contributed by atoms with Gasteiger partial charge in [-0.05, 0) is 49.4 Å². The fourth-order valence-electron chi connectivity index (χ4n) is 3.01. The van der Waals surface area contributed by atoms with Crippen molar-refractivity contribution < 1.29 is 17.7 Å². The van der Waals surface area contributed by atoms with E-state index < -0.39 is 15.9 Å². The Labute approximate surface area is 165 Å². The van der Waals surface area contributed by atoms with Crippen LogP contribution in [0.3, 0.4) is 0 Å². The lowest BCUT2D eigenvalue weighted by Gasteiger charge is -2.25. The zero-order chi connectivity index (χ0) is 20.1. The Balaban J connectivity index is 1.68. The van der Waals surface area contributed by atoms with Gasteiger partial charge in [0.05, 0.1) is 4.90 Å². The van der Waals surface area contributed by atoms with Gasteiger partial charge in [0.1, 0.15) is 0 Å². The van der Waals surface area contributed by atoms with Crippen LogP contribution in [-0.4, -0.2) is 48.4 Å². The highest BCUT2D eigenvalue weighted by Gasteiger charge is 2.26. The van der Waals surface area contributed by atoms with E-state index in [0.717, 1.165) is 25.7 Å². The van der Waals surface area contributed by atoms with Crippen LogP contribution in [-0.2, 0) is 10.0 Å². The van der Waals surface area contributed by atoms with Crippen molar-refractivity contribution in [3.8, 4) is 11.4 Å². The van der Waals surface area contributed by atoms with Gasteiger partial charge in [0.15, 0.2) is 0 Å². The number of benzene rings is 1. The van der Waals surface area contributed by atoms with Crippen LogP contribution in [0.4, 0.5) is 0 Å². The highest BCUT2D eigenvalue weighted by Crippen LogP contribution is 2.23. The summed E-state index contributed by atoms with van der Waals surface area (Å²) in [6.07, 6.45) is 3.71. The van der Waals surface area contributed by atoms with Crippen molar-refractivity contribution in [1.29, 1.82) is 0 Å². The molecule has 0 atom stereocenters. The second-order valence-electron chi connectivity index (χ2n) is 7.35. The quantitative estimate of drug-likeness (QED) is 0.758. The van der Waals surface area contributed by atoms with Crippen molar-refractivity contribution in [3.63, 3.8) is 0 Å². The Morgan fingerprint density at radius 2 is 1.86 bits per heavy atom. The number of sulfonamides is 1. The number of carbonyl (C=O) groups is 1. The van der Waals surface area contributed by atoms with Gasteiger partial charge in [-0.2, -0.15) is 9.29 Å². The first-order chi connectivity index (χ1) is 13.4. The van der Waals surface area contributed by atoms with Crippen LogP contribution in [0.25, 0.3) is 11.4 Å². The molecule has 0 spiro atoms. The maximum atomic E-state index is 12.7. The number of aromatic nitrogens is 2. The van der Waals surface area contributed by atoms with E-state index in [9.17, 15) is 13.2 Å². The third-order valence-corrected chi connectivity index (χ3v) is 6.61. The number of amides is 1. The molecule has 1 aliphatic heterocycles. The SMILES string of the molecule is CC(C)CCNC(=O)c1nc(-c2ccc(S(=O)(=O)N3CCCCC3)cc2)no1. The standard InChI is InChI=1S/C19H26N4O4S/c1-14(2)10-11-20-18(24)19-21-17(22-27-19)15-6-8-16(9-7-15)28(25,26)23-12-4-3-5-13-23/h6-9,14H,3-5,10-13H2,1-2H3,(H,20,24). The second kappa shape index (κ2) is 8.83. The largest absolute Gasteiger partial charge is 0.348 e. The fraction of sp³-hybridized carbons (Fsp3) is 0.526. The zero-order valence-corrected chi connectivity index (χ0v) is 17.0. The summed E-state index contributed by atoms with van der Waals surface area (Å²) in [7, 11) is -3.48. The van der Waals surface area contributed by atoms with Crippen LogP contribution in [0.2, 0.25) is 0 Å². The van der Waals surface area contributed by atoms with Crippen molar-refractivity contribution in [1.82, 2.24) is 19.8 Å². The summed E-state index contributed by atoms with van der Waals surface area (Å²) < 4.78 is 32.0. The maximum absolute atomic E-state index is 12.7. The zero-order valence-electron chi connectivity index (χ0n) is 16.2. The number of hydrogen-bond acceptors (Lipinski definition) is 6. The Hall–Kier alpha value is -2.26. The molecule has 1 saturated heterocycles.